The number of aliphatic imine (C=N–C) groups is 1. The van der Waals surface area contributed by atoms with Gasteiger partial charge in [-0.15, -0.1) is 0 Å². The molecule has 0 unspecified atom stereocenters. The average molecular weight is 426 g/mol. The molecular weight excluding hydrogens is 398 g/mol. The van der Waals surface area contributed by atoms with Crippen LogP contribution in [0, 0.1) is 0 Å². The van der Waals surface area contributed by atoms with Crippen molar-refractivity contribution >= 4 is 15.8 Å². The summed E-state index contributed by atoms with van der Waals surface area (Å²) in [4.78, 5) is 6.73. The summed E-state index contributed by atoms with van der Waals surface area (Å²) in [6.45, 7) is 1.37. The van der Waals surface area contributed by atoms with Crippen LogP contribution in [0.15, 0.2) is 76.9 Å². The molecule has 0 atom stereocenters. The lowest BCUT2D eigenvalue weighted by Crippen LogP contribution is -2.39. The molecule has 3 aromatic rings. The van der Waals surface area contributed by atoms with Crippen molar-refractivity contribution in [3.8, 4) is 5.69 Å². The molecule has 0 aliphatic heterocycles. The Hall–Kier alpha value is -3.13. The van der Waals surface area contributed by atoms with Gasteiger partial charge in [0.15, 0.2) is 15.8 Å². The number of guanidine groups is 1. The predicted octanol–water partition coefficient (Wildman–Crippen LogP) is 2.53. The number of hydrogen-bond acceptors (Lipinski definition) is 4. The number of nitrogens with one attached hydrogen (secondary N) is 1. The predicted molar refractivity (Wildman–Crippen MR) is 120 cm³/mol. The lowest BCUT2D eigenvalue weighted by atomic mass is 10.1. The van der Waals surface area contributed by atoms with Crippen LogP contribution >= 0.6 is 0 Å². The van der Waals surface area contributed by atoms with Crippen LogP contribution in [0.25, 0.3) is 5.69 Å². The molecule has 0 saturated heterocycles. The second-order valence-corrected chi connectivity index (χ2v) is 9.14. The maximum Gasteiger partial charge on any atom is 0.193 e. The van der Waals surface area contributed by atoms with Gasteiger partial charge < -0.3 is 10.2 Å². The third-order valence-electron chi connectivity index (χ3n) is 4.70. The minimum absolute atomic E-state index is 0.339. The third kappa shape index (κ3) is 5.70. The van der Waals surface area contributed by atoms with E-state index in [9.17, 15) is 8.42 Å². The number of sulfone groups is 1. The van der Waals surface area contributed by atoms with Gasteiger partial charge in [-0.25, -0.2) is 13.1 Å². The maximum absolute atomic E-state index is 11.6. The number of para-hydroxylation sites is 1. The van der Waals surface area contributed by atoms with Crippen LogP contribution in [0.4, 0.5) is 0 Å². The van der Waals surface area contributed by atoms with Crippen LogP contribution in [-0.4, -0.2) is 56.0 Å². The lowest BCUT2D eigenvalue weighted by Gasteiger charge is -2.21. The molecule has 0 radical (unpaired) electrons. The highest BCUT2D eigenvalue weighted by molar-refractivity contribution is 7.90. The Morgan fingerprint density at radius 1 is 1.10 bits per heavy atom. The molecule has 0 aliphatic carbocycles. The van der Waals surface area contributed by atoms with Crippen molar-refractivity contribution < 1.29 is 8.42 Å². The van der Waals surface area contributed by atoms with Gasteiger partial charge in [-0.1, -0.05) is 30.3 Å². The SMILES string of the molecule is CN=C(NCCc1ccc(S(C)(=O)=O)cc1)N(C)Cc1cnn(-c2ccccc2)c1. The van der Waals surface area contributed by atoms with Gasteiger partial charge in [-0.3, -0.25) is 4.99 Å². The number of aromatic nitrogens is 2. The number of hydrogen-bond donors (Lipinski definition) is 1. The Morgan fingerprint density at radius 2 is 1.80 bits per heavy atom. The van der Waals surface area contributed by atoms with Crippen LogP contribution in [-0.2, 0) is 22.8 Å². The van der Waals surface area contributed by atoms with E-state index in [1.54, 1.807) is 19.2 Å². The molecule has 0 saturated carbocycles. The van der Waals surface area contributed by atoms with Gasteiger partial charge in [0.1, 0.15) is 0 Å². The topological polar surface area (TPSA) is 79.6 Å². The van der Waals surface area contributed by atoms with Gasteiger partial charge in [0.25, 0.3) is 0 Å². The molecular formula is C22H27N5O2S. The van der Waals surface area contributed by atoms with Crippen LogP contribution in [0.1, 0.15) is 11.1 Å². The monoisotopic (exact) mass is 425 g/mol. The van der Waals surface area contributed by atoms with E-state index in [-0.39, 0.29) is 0 Å². The zero-order valence-corrected chi connectivity index (χ0v) is 18.3. The lowest BCUT2D eigenvalue weighted by molar-refractivity contribution is 0.477. The summed E-state index contributed by atoms with van der Waals surface area (Å²) in [5, 5.41) is 7.79. The normalized spacial score (nSPS) is 12.0. The molecule has 1 N–H and O–H groups in total. The first-order chi connectivity index (χ1) is 14.4. The van der Waals surface area contributed by atoms with Gasteiger partial charge in [0, 0.05) is 45.2 Å². The fraction of sp³-hybridized carbons (Fsp3) is 0.273. The summed E-state index contributed by atoms with van der Waals surface area (Å²) in [5.74, 6) is 0.787. The Labute approximate surface area is 178 Å². The van der Waals surface area contributed by atoms with Crippen LogP contribution in [0.5, 0.6) is 0 Å². The van der Waals surface area contributed by atoms with E-state index in [0.717, 1.165) is 29.2 Å². The fourth-order valence-electron chi connectivity index (χ4n) is 3.12. The van der Waals surface area contributed by atoms with Crippen molar-refractivity contribution in [2.75, 3.05) is 26.9 Å². The second-order valence-electron chi connectivity index (χ2n) is 7.12. The molecule has 3 rings (SSSR count). The smallest absolute Gasteiger partial charge is 0.193 e. The molecule has 2 aromatic carbocycles. The molecule has 0 fully saturated rings. The van der Waals surface area contributed by atoms with Crippen LogP contribution in [0.3, 0.4) is 0 Å². The molecule has 1 heterocycles. The van der Waals surface area contributed by atoms with Crippen LogP contribution < -0.4 is 5.32 Å². The third-order valence-corrected chi connectivity index (χ3v) is 5.83. The van der Waals surface area contributed by atoms with Crippen molar-refractivity contribution in [1.29, 1.82) is 0 Å². The zero-order valence-electron chi connectivity index (χ0n) is 17.5. The average Bonchev–Trinajstić information content (AvgIpc) is 3.20. The van der Waals surface area contributed by atoms with E-state index in [2.05, 4.69) is 15.4 Å². The highest BCUT2D eigenvalue weighted by atomic mass is 32.2. The highest BCUT2D eigenvalue weighted by Crippen LogP contribution is 2.11. The van der Waals surface area contributed by atoms with Gasteiger partial charge in [0.2, 0.25) is 0 Å². The molecule has 0 amide bonds. The standard InChI is InChI=1S/C22H27N5O2S/c1-23-22(24-14-13-18-9-11-21(12-10-18)30(3,28)29)26(2)16-19-15-25-27(17-19)20-7-5-4-6-8-20/h4-12,15,17H,13-14,16H2,1-3H3,(H,23,24). The Balaban J connectivity index is 1.53. The van der Waals surface area contributed by atoms with E-state index in [1.165, 1.54) is 6.26 Å². The van der Waals surface area contributed by atoms with Crippen LogP contribution in [0.2, 0.25) is 0 Å². The van der Waals surface area contributed by atoms with Crippen molar-refractivity contribution in [1.82, 2.24) is 20.0 Å². The summed E-state index contributed by atoms with van der Waals surface area (Å²) in [7, 11) is 0.576. The maximum atomic E-state index is 11.6. The van der Waals surface area contributed by atoms with E-state index >= 15 is 0 Å². The van der Waals surface area contributed by atoms with Gasteiger partial charge >= 0.3 is 0 Å². The molecule has 8 heteroatoms. The number of benzene rings is 2. The van der Waals surface area contributed by atoms with Gasteiger partial charge in [-0.05, 0) is 36.2 Å². The largest absolute Gasteiger partial charge is 0.356 e. The van der Waals surface area contributed by atoms with E-state index in [0.29, 0.717) is 18.0 Å². The van der Waals surface area contributed by atoms with E-state index in [1.807, 2.05) is 71.5 Å². The van der Waals surface area contributed by atoms with E-state index < -0.39 is 9.84 Å². The van der Waals surface area contributed by atoms with Crippen molar-refractivity contribution in [3.63, 3.8) is 0 Å². The first-order valence-corrected chi connectivity index (χ1v) is 11.6. The molecule has 1 aromatic heterocycles. The van der Waals surface area contributed by atoms with Gasteiger partial charge in [-0.2, -0.15) is 5.10 Å². The Bertz CT molecular complexity index is 1090. The van der Waals surface area contributed by atoms with Gasteiger partial charge in [0.05, 0.1) is 16.8 Å². The summed E-state index contributed by atoms with van der Waals surface area (Å²) in [5.41, 5.74) is 3.17. The summed E-state index contributed by atoms with van der Waals surface area (Å²) >= 11 is 0. The first kappa shape index (κ1) is 21.6. The minimum Gasteiger partial charge on any atom is -0.356 e. The zero-order chi connectivity index (χ0) is 21.6. The summed E-state index contributed by atoms with van der Waals surface area (Å²) < 4.78 is 25.0. The minimum atomic E-state index is -3.16. The second kappa shape index (κ2) is 9.58. The molecule has 0 bridgehead atoms. The highest BCUT2D eigenvalue weighted by Gasteiger charge is 2.09. The molecule has 7 nitrogen and oxygen atoms in total. The van der Waals surface area contributed by atoms with Crippen molar-refractivity contribution in [2.45, 2.75) is 17.9 Å². The summed E-state index contributed by atoms with van der Waals surface area (Å²) in [6, 6.07) is 17.0. The quantitative estimate of drug-likeness (QED) is 0.465. The number of rotatable bonds is 7. The number of nitrogens with zero attached hydrogens (tertiary/aromatic N) is 4. The molecule has 30 heavy (non-hydrogen) atoms. The molecule has 0 spiro atoms. The van der Waals surface area contributed by atoms with Crippen molar-refractivity contribution in [2.24, 2.45) is 4.99 Å². The Kier molecular flexibility index (Phi) is 6.89. The fourth-order valence-corrected chi connectivity index (χ4v) is 3.75. The van der Waals surface area contributed by atoms with E-state index in [4.69, 9.17) is 0 Å². The first-order valence-electron chi connectivity index (χ1n) is 9.66. The summed E-state index contributed by atoms with van der Waals surface area (Å²) in [6.07, 6.45) is 5.86. The van der Waals surface area contributed by atoms with Crippen molar-refractivity contribution in [3.05, 3.63) is 78.1 Å². The Morgan fingerprint density at radius 3 is 2.43 bits per heavy atom. The molecule has 158 valence electrons. The molecule has 0 aliphatic rings.